The van der Waals surface area contributed by atoms with E-state index in [1.165, 1.54) is 11.0 Å². The number of β-lactam (4-membered cyclic amide) rings is 1. The van der Waals surface area contributed by atoms with Crippen LogP contribution in [-0.2, 0) is 4.79 Å². The highest BCUT2D eigenvalue weighted by atomic mass is 35.5. The first-order valence-electron chi connectivity index (χ1n) is 7.48. The predicted molar refractivity (Wildman–Crippen MR) is 94.0 cm³/mol. The number of nitrogens with zero attached hydrogens (tertiary/aromatic N) is 2. The van der Waals surface area contributed by atoms with Gasteiger partial charge < -0.3 is 14.9 Å². The molecule has 0 aromatic heterocycles. The maximum absolute atomic E-state index is 12.3. The molecule has 1 aliphatic rings. The molecule has 1 aliphatic heterocycles. The van der Waals surface area contributed by atoms with Gasteiger partial charge in [0.1, 0.15) is 5.38 Å². The standard InChI is InChI=1S/C18H17ClN2O3/c1-20(2)12-9-7-11(8-10-12)16-15(19)17(22)21(16)14-6-4-3-5-13(14)18(23)24/h3-10,15-16H,1-2H3,(H,23,24). The van der Waals surface area contributed by atoms with Gasteiger partial charge in [-0.05, 0) is 29.8 Å². The molecule has 2 aromatic rings. The van der Waals surface area contributed by atoms with Crippen molar-refractivity contribution >= 4 is 34.9 Å². The number of benzene rings is 2. The number of hydrogen-bond acceptors (Lipinski definition) is 3. The molecule has 0 saturated carbocycles. The van der Waals surface area contributed by atoms with Crippen LogP contribution in [0, 0.1) is 0 Å². The van der Waals surface area contributed by atoms with E-state index in [-0.39, 0.29) is 17.5 Å². The minimum Gasteiger partial charge on any atom is -0.478 e. The van der Waals surface area contributed by atoms with Gasteiger partial charge in [-0.1, -0.05) is 24.3 Å². The molecule has 2 unspecified atom stereocenters. The lowest BCUT2D eigenvalue weighted by Gasteiger charge is -2.45. The van der Waals surface area contributed by atoms with Gasteiger partial charge in [0.25, 0.3) is 0 Å². The SMILES string of the molecule is CN(C)c1ccc(C2C(Cl)C(=O)N2c2ccccc2C(=O)O)cc1. The van der Waals surface area contributed by atoms with Crippen molar-refractivity contribution in [2.45, 2.75) is 11.4 Å². The number of carboxylic acid groups (broad SMARTS) is 1. The van der Waals surface area contributed by atoms with E-state index in [2.05, 4.69) is 0 Å². The number of rotatable bonds is 4. The Labute approximate surface area is 145 Å². The highest BCUT2D eigenvalue weighted by molar-refractivity contribution is 6.37. The van der Waals surface area contributed by atoms with E-state index in [1.54, 1.807) is 18.2 Å². The highest BCUT2D eigenvalue weighted by Crippen LogP contribution is 2.43. The fourth-order valence-corrected chi connectivity index (χ4v) is 3.24. The van der Waals surface area contributed by atoms with E-state index >= 15 is 0 Å². The molecule has 1 saturated heterocycles. The predicted octanol–water partition coefficient (Wildman–Crippen LogP) is 3.15. The average Bonchev–Trinajstić information content (AvgIpc) is 2.58. The van der Waals surface area contributed by atoms with E-state index in [9.17, 15) is 14.7 Å². The lowest BCUT2D eigenvalue weighted by atomic mass is 9.91. The normalized spacial score (nSPS) is 19.8. The Kier molecular flexibility index (Phi) is 4.20. The van der Waals surface area contributed by atoms with Crippen LogP contribution < -0.4 is 9.80 Å². The molecule has 3 rings (SSSR count). The molecular weight excluding hydrogens is 328 g/mol. The van der Waals surface area contributed by atoms with Crippen LogP contribution in [0.3, 0.4) is 0 Å². The summed E-state index contributed by atoms with van der Waals surface area (Å²) in [7, 11) is 3.89. The lowest BCUT2D eigenvalue weighted by Crippen LogP contribution is -2.57. The van der Waals surface area contributed by atoms with Crippen molar-refractivity contribution in [3.8, 4) is 0 Å². The Bertz CT molecular complexity index is 789. The first kappa shape index (κ1) is 16.3. The van der Waals surface area contributed by atoms with Crippen molar-refractivity contribution in [2.24, 2.45) is 0 Å². The molecule has 0 bridgehead atoms. The van der Waals surface area contributed by atoms with E-state index in [0.29, 0.717) is 5.69 Å². The average molecular weight is 345 g/mol. The van der Waals surface area contributed by atoms with Gasteiger partial charge in [-0.25, -0.2) is 4.79 Å². The summed E-state index contributed by atoms with van der Waals surface area (Å²) >= 11 is 6.23. The van der Waals surface area contributed by atoms with E-state index in [0.717, 1.165) is 11.3 Å². The Balaban J connectivity index is 1.99. The Morgan fingerprint density at radius 1 is 1.12 bits per heavy atom. The molecule has 1 heterocycles. The van der Waals surface area contributed by atoms with Gasteiger partial charge in [0.15, 0.2) is 0 Å². The molecule has 1 fully saturated rings. The molecule has 0 radical (unpaired) electrons. The number of carboxylic acids is 1. The van der Waals surface area contributed by atoms with Gasteiger partial charge in [0, 0.05) is 19.8 Å². The van der Waals surface area contributed by atoms with Crippen LogP contribution in [0.2, 0.25) is 0 Å². The molecule has 24 heavy (non-hydrogen) atoms. The third kappa shape index (κ3) is 2.61. The Morgan fingerprint density at radius 2 is 1.75 bits per heavy atom. The number of halogens is 1. The summed E-state index contributed by atoms with van der Waals surface area (Å²) in [5, 5.41) is 8.67. The van der Waals surface area contributed by atoms with Crippen molar-refractivity contribution < 1.29 is 14.7 Å². The van der Waals surface area contributed by atoms with Crippen LogP contribution in [0.4, 0.5) is 11.4 Å². The zero-order valence-corrected chi connectivity index (χ0v) is 14.1. The van der Waals surface area contributed by atoms with Crippen molar-refractivity contribution in [3.63, 3.8) is 0 Å². The first-order chi connectivity index (χ1) is 11.4. The summed E-state index contributed by atoms with van der Waals surface area (Å²) in [6, 6.07) is 13.8. The molecule has 2 atom stereocenters. The summed E-state index contributed by atoms with van der Waals surface area (Å²) in [5.41, 5.74) is 2.37. The summed E-state index contributed by atoms with van der Waals surface area (Å²) in [6.45, 7) is 0. The zero-order chi connectivity index (χ0) is 17.4. The summed E-state index contributed by atoms with van der Waals surface area (Å²) < 4.78 is 0. The summed E-state index contributed by atoms with van der Waals surface area (Å²) in [6.07, 6.45) is 0. The van der Waals surface area contributed by atoms with Crippen LogP contribution in [0.5, 0.6) is 0 Å². The lowest BCUT2D eigenvalue weighted by molar-refractivity contribution is -0.123. The molecule has 0 spiro atoms. The second-order valence-corrected chi connectivity index (χ2v) is 6.33. The van der Waals surface area contributed by atoms with Gasteiger partial charge in [0.05, 0.1) is 17.3 Å². The molecule has 2 aromatic carbocycles. The second-order valence-electron chi connectivity index (χ2n) is 5.86. The maximum atomic E-state index is 12.3. The topological polar surface area (TPSA) is 60.9 Å². The number of carbonyl (C=O) groups is 2. The number of para-hydroxylation sites is 1. The number of anilines is 2. The minimum atomic E-state index is -1.07. The van der Waals surface area contributed by atoms with Crippen molar-refractivity contribution in [1.82, 2.24) is 0 Å². The Hall–Kier alpha value is -2.53. The molecule has 6 heteroatoms. The number of amides is 1. The van der Waals surface area contributed by atoms with E-state index in [1.807, 2.05) is 43.3 Å². The maximum Gasteiger partial charge on any atom is 0.337 e. The monoisotopic (exact) mass is 344 g/mol. The number of hydrogen-bond donors (Lipinski definition) is 1. The third-order valence-electron chi connectivity index (χ3n) is 4.17. The van der Waals surface area contributed by atoms with Gasteiger partial charge in [-0.3, -0.25) is 4.79 Å². The van der Waals surface area contributed by atoms with Gasteiger partial charge >= 0.3 is 5.97 Å². The fraction of sp³-hybridized carbons (Fsp3) is 0.222. The van der Waals surface area contributed by atoms with Crippen LogP contribution in [0.1, 0.15) is 22.0 Å². The zero-order valence-electron chi connectivity index (χ0n) is 13.3. The number of alkyl halides is 1. The third-order valence-corrected chi connectivity index (χ3v) is 4.60. The van der Waals surface area contributed by atoms with Crippen LogP contribution >= 0.6 is 11.6 Å². The van der Waals surface area contributed by atoms with E-state index < -0.39 is 11.3 Å². The smallest absolute Gasteiger partial charge is 0.337 e. The largest absolute Gasteiger partial charge is 0.478 e. The van der Waals surface area contributed by atoms with Crippen LogP contribution in [-0.4, -0.2) is 36.5 Å². The van der Waals surface area contributed by atoms with Crippen molar-refractivity contribution in [1.29, 1.82) is 0 Å². The minimum absolute atomic E-state index is 0.0873. The number of aromatic carboxylic acids is 1. The van der Waals surface area contributed by atoms with Gasteiger partial charge in [-0.2, -0.15) is 0 Å². The fourth-order valence-electron chi connectivity index (χ4n) is 2.87. The first-order valence-corrected chi connectivity index (χ1v) is 7.92. The summed E-state index contributed by atoms with van der Waals surface area (Å²) in [5.74, 6) is -1.36. The second kappa shape index (κ2) is 6.17. The van der Waals surface area contributed by atoms with Crippen molar-refractivity contribution in [2.75, 3.05) is 23.9 Å². The molecule has 1 N–H and O–H groups in total. The summed E-state index contributed by atoms with van der Waals surface area (Å²) in [4.78, 5) is 27.2. The highest BCUT2D eigenvalue weighted by Gasteiger charge is 2.48. The van der Waals surface area contributed by atoms with Crippen LogP contribution in [0.15, 0.2) is 48.5 Å². The van der Waals surface area contributed by atoms with E-state index in [4.69, 9.17) is 11.6 Å². The molecular formula is C18H17ClN2O3. The van der Waals surface area contributed by atoms with Gasteiger partial charge in [-0.15, -0.1) is 11.6 Å². The molecule has 5 nitrogen and oxygen atoms in total. The molecule has 124 valence electrons. The number of carbonyl (C=O) groups excluding carboxylic acids is 1. The quantitative estimate of drug-likeness (QED) is 0.683. The molecule has 0 aliphatic carbocycles. The van der Waals surface area contributed by atoms with Gasteiger partial charge in [0.2, 0.25) is 5.91 Å². The molecule has 1 amide bonds. The Morgan fingerprint density at radius 3 is 2.33 bits per heavy atom. The van der Waals surface area contributed by atoms with Crippen molar-refractivity contribution in [3.05, 3.63) is 59.7 Å². The van der Waals surface area contributed by atoms with Crippen LogP contribution in [0.25, 0.3) is 0 Å².